The lowest BCUT2D eigenvalue weighted by Crippen LogP contribution is -2.18. The second-order valence-electron chi connectivity index (χ2n) is 8.21. The summed E-state index contributed by atoms with van der Waals surface area (Å²) in [5.41, 5.74) is 2.29. The number of hydrogen-bond donors (Lipinski definition) is 3. The van der Waals surface area contributed by atoms with Gasteiger partial charge in [0.15, 0.2) is 11.0 Å². The predicted molar refractivity (Wildman–Crippen MR) is 133 cm³/mol. The second kappa shape index (κ2) is 9.82. The van der Waals surface area contributed by atoms with E-state index in [1.807, 2.05) is 35.0 Å². The van der Waals surface area contributed by atoms with E-state index in [9.17, 15) is 13.2 Å². The average molecular weight is 513 g/mol. The molecule has 0 aliphatic carbocycles. The van der Waals surface area contributed by atoms with Gasteiger partial charge in [0.2, 0.25) is 15.9 Å². The number of ether oxygens (including phenoxy) is 1. The maximum absolute atomic E-state index is 12.6. The van der Waals surface area contributed by atoms with E-state index in [0.717, 1.165) is 35.9 Å². The number of carbonyl (C=O) groups is 1. The van der Waals surface area contributed by atoms with Crippen molar-refractivity contribution in [2.45, 2.75) is 35.5 Å². The summed E-state index contributed by atoms with van der Waals surface area (Å²) in [6, 6.07) is 13.8. The lowest BCUT2D eigenvalue weighted by atomic mass is 10.1. The number of nitrogens with two attached hydrogens (primary N) is 1. The minimum absolute atomic E-state index is 0.0593. The van der Waals surface area contributed by atoms with Crippen molar-refractivity contribution in [2.24, 2.45) is 5.14 Å². The number of hydrogen-bond acceptors (Lipinski definition) is 7. The molecule has 1 aliphatic rings. The molecule has 12 heteroatoms. The number of nitrogens with zero attached hydrogens (tertiary/aromatic N) is 3. The van der Waals surface area contributed by atoms with Crippen molar-refractivity contribution >= 4 is 44.3 Å². The van der Waals surface area contributed by atoms with Crippen LogP contribution in [0.25, 0.3) is 22.3 Å². The summed E-state index contributed by atoms with van der Waals surface area (Å²) in [5, 5.41) is 18.4. The number of benzene rings is 2. The molecule has 0 saturated carbocycles. The number of aromatic nitrogens is 4. The molecule has 1 atom stereocenters. The van der Waals surface area contributed by atoms with Gasteiger partial charge in [-0.2, -0.15) is 0 Å². The number of rotatable bonds is 8. The molecule has 0 bridgehead atoms. The fraction of sp³-hybridized carbons (Fsp3) is 0.261. The van der Waals surface area contributed by atoms with Gasteiger partial charge >= 0.3 is 0 Å². The van der Waals surface area contributed by atoms with E-state index in [-0.39, 0.29) is 22.7 Å². The Labute approximate surface area is 206 Å². The maximum atomic E-state index is 12.6. The zero-order valence-corrected chi connectivity index (χ0v) is 20.3. The first-order valence-electron chi connectivity index (χ1n) is 11.1. The first-order valence-corrected chi connectivity index (χ1v) is 13.6. The van der Waals surface area contributed by atoms with Gasteiger partial charge in [-0.3, -0.25) is 9.36 Å². The Morgan fingerprint density at radius 2 is 2.09 bits per heavy atom. The molecule has 4 N–H and O–H groups in total. The molecule has 10 nitrogen and oxygen atoms in total. The molecule has 3 heterocycles. The summed E-state index contributed by atoms with van der Waals surface area (Å²) in [6.45, 7) is 1.32. The van der Waals surface area contributed by atoms with Crippen LogP contribution in [0.5, 0.6) is 0 Å². The van der Waals surface area contributed by atoms with Crippen LogP contribution in [-0.2, 0) is 26.1 Å². The molecule has 4 aromatic rings. The quantitative estimate of drug-likeness (QED) is 0.308. The molecule has 1 amide bonds. The van der Waals surface area contributed by atoms with Gasteiger partial charge < -0.3 is 15.0 Å². The van der Waals surface area contributed by atoms with Gasteiger partial charge in [0.25, 0.3) is 0 Å². The number of fused-ring (bicyclic) bond motifs is 1. The molecular formula is C23H24N6O4S2. The Balaban J connectivity index is 1.36. The van der Waals surface area contributed by atoms with Crippen LogP contribution in [0, 0.1) is 0 Å². The van der Waals surface area contributed by atoms with Gasteiger partial charge in [-0.1, -0.05) is 36.0 Å². The molecule has 0 unspecified atom stereocenters. The van der Waals surface area contributed by atoms with Crippen molar-refractivity contribution in [3.05, 3.63) is 54.7 Å². The third kappa shape index (κ3) is 5.25. The van der Waals surface area contributed by atoms with Crippen LogP contribution in [0.1, 0.15) is 12.8 Å². The third-order valence-corrected chi connectivity index (χ3v) is 7.61. The zero-order chi connectivity index (χ0) is 24.4. The number of sulfonamides is 1. The number of primary sulfonamides is 1. The van der Waals surface area contributed by atoms with Crippen molar-refractivity contribution in [3.8, 4) is 11.4 Å². The number of carbonyl (C=O) groups excluding carboxylic acids is 1. The molecule has 1 saturated heterocycles. The lowest BCUT2D eigenvalue weighted by molar-refractivity contribution is -0.113. The fourth-order valence-corrected chi connectivity index (χ4v) is 5.39. The van der Waals surface area contributed by atoms with E-state index in [1.54, 1.807) is 6.07 Å². The van der Waals surface area contributed by atoms with E-state index in [1.165, 1.54) is 30.0 Å². The van der Waals surface area contributed by atoms with Crippen LogP contribution in [0.4, 0.5) is 5.69 Å². The number of anilines is 1. The van der Waals surface area contributed by atoms with Gasteiger partial charge in [-0.15, -0.1) is 10.2 Å². The van der Waals surface area contributed by atoms with Crippen LogP contribution in [0.3, 0.4) is 0 Å². The van der Waals surface area contributed by atoms with Gasteiger partial charge in [-0.25, -0.2) is 13.6 Å². The summed E-state index contributed by atoms with van der Waals surface area (Å²) >= 11 is 1.26. The summed E-state index contributed by atoms with van der Waals surface area (Å²) in [5.74, 6) is 0.473. The van der Waals surface area contributed by atoms with Crippen LogP contribution in [0.2, 0.25) is 0 Å². The monoisotopic (exact) mass is 512 g/mol. The van der Waals surface area contributed by atoms with E-state index in [0.29, 0.717) is 23.2 Å². The van der Waals surface area contributed by atoms with Crippen LogP contribution >= 0.6 is 11.8 Å². The number of H-pyrrole nitrogens is 1. The lowest BCUT2D eigenvalue weighted by Gasteiger charge is -2.14. The van der Waals surface area contributed by atoms with E-state index in [2.05, 4.69) is 20.5 Å². The topological polar surface area (TPSA) is 145 Å². The van der Waals surface area contributed by atoms with Crippen molar-refractivity contribution < 1.29 is 17.9 Å². The van der Waals surface area contributed by atoms with Gasteiger partial charge in [0.1, 0.15) is 0 Å². The Hall–Kier alpha value is -3.19. The molecule has 5 rings (SSSR count). The third-order valence-electron chi connectivity index (χ3n) is 5.74. The van der Waals surface area contributed by atoms with Crippen molar-refractivity contribution in [1.29, 1.82) is 0 Å². The Kier molecular flexibility index (Phi) is 6.60. The Morgan fingerprint density at radius 3 is 2.89 bits per heavy atom. The second-order valence-corrected chi connectivity index (χ2v) is 10.7. The minimum atomic E-state index is -3.86. The molecule has 0 spiro atoms. The van der Waals surface area contributed by atoms with Crippen molar-refractivity contribution in [3.63, 3.8) is 0 Å². The first kappa shape index (κ1) is 23.5. The SMILES string of the molecule is NS(=O)(=O)c1cccc(NC(=O)CSc2nnc(-c3c[nH]c4ccccc34)n2C[C@@H]2CCCO2)c1. The standard InChI is InChI=1S/C23H24N6O4S2/c24-35(31,32)17-7-3-5-15(11-17)26-21(30)14-34-23-28-27-22(29(23)13-16-6-4-10-33-16)19-12-25-20-9-2-1-8-18(19)20/h1-3,5,7-9,11-12,16,25H,4,6,10,13-14H2,(H,26,30)(H2,24,31,32)/t16-/m0/s1. The highest BCUT2D eigenvalue weighted by Crippen LogP contribution is 2.31. The van der Waals surface area contributed by atoms with E-state index >= 15 is 0 Å². The van der Waals surface area contributed by atoms with Crippen LogP contribution in [-0.4, -0.2) is 52.5 Å². The molecular weight excluding hydrogens is 488 g/mol. The molecule has 2 aromatic carbocycles. The highest BCUT2D eigenvalue weighted by Gasteiger charge is 2.23. The van der Waals surface area contributed by atoms with Crippen LogP contribution < -0.4 is 10.5 Å². The predicted octanol–water partition coefficient (Wildman–Crippen LogP) is 2.98. The number of para-hydroxylation sites is 1. The van der Waals surface area contributed by atoms with Gasteiger partial charge in [0, 0.05) is 35.0 Å². The summed E-state index contributed by atoms with van der Waals surface area (Å²) in [7, 11) is -3.86. The van der Waals surface area contributed by atoms with E-state index < -0.39 is 10.0 Å². The van der Waals surface area contributed by atoms with Gasteiger partial charge in [-0.05, 0) is 37.1 Å². The smallest absolute Gasteiger partial charge is 0.238 e. The molecule has 2 aromatic heterocycles. The number of amides is 1. The Bertz CT molecular complexity index is 1470. The summed E-state index contributed by atoms with van der Waals surface area (Å²) < 4.78 is 31.0. The maximum Gasteiger partial charge on any atom is 0.238 e. The van der Waals surface area contributed by atoms with Crippen molar-refractivity contribution in [1.82, 2.24) is 19.7 Å². The molecule has 1 aliphatic heterocycles. The number of nitrogens with one attached hydrogen (secondary N) is 2. The highest BCUT2D eigenvalue weighted by atomic mass is 32.2. The zero-order valence-electron chi connectivity index (χ0n) is 18.7. The largest absolute Gasteiger partial charge is 0.376 e. The molecule has 0 radical (unpaired) electrons. The van der Waals surface area contributed by atoms with E-state index in [4.69, 9.17) is 9.88 Å². The van der Waals surface area contributed by atoms with Crippen molar-refractivity contribution in [2.75, 3.05) is 17.7 Å². The number of thioether (sulfide) groups is 1. The normalized spacial score (nSPS) is 16.1. The van der Waals surface area contributed by atoms with Crippen LogP contribution in [0.15, 0.2) is 64.8 Å². The fourth-order valence-electron chi connectivity index (χ4n) is 4.09. The summed E-state index contributed by atoms with van der Waals surface area (Å²) in [4.78, 5) is 15.8. The summed E-state index contributed by atoms with van der Waals surface area (Å²) in [6.07, 6.45) is 3.94. The molecule has 182 valence electrons. The Morgan fingerprint density at radius 1 is 1.23 bits per heavy atom. The molecule has 1 fully saturated rings. The highest BCUT2D eigenvalue weighted by molar-refractivity contribution is 7.99. The average Bonchev–Trinajstić information content (AvgIpc) is 3.58. The number of aromatic amines is 1. The molecule has 35 heavy (non-hydrogen) atoms. The first-order chi connectivity index (χ1) is 16.9. The minimum Gasteiger partial charge on any atom is -0.376 e. The van der Waals surface area contributed by atoms with Gasteiger partial charge in [0.05, 0.1) is 23.3 Å².